The number of carbonyl (C=O) groups excluding carboxylic acids is 1. The van der Waals surface area contributed by atoms with Crippen LogP contribution in [-0.4, -0.2) is 40.4 Å². The van der Waals surface area contributed by atoms with E-state index in [2.05, 4.69) is 20.4 Å². The van der Waals surface area contributed by atoms with Gasteiger partial charge in [-0.1, -0.05) is 23.8 Å². The first-order valence-electron chi connectivity index (χ1n) is 11.0. The number of hydrazone groups is 1. The Morgan fingerprint density at radius 2 is 1.67 bits per heavy atom. The number of carbonyl (C=O) groups is 1. The van der Waals surface area contributed by atoms with E-state index in [1.54, 1.807) is 19.1 Å². The first kappa shape index (κ1) is 27.5. The van der Waals surface area contributed by atoms with Crippen molar-refractivity contribution in [3.05, 3.63) is 98.8 Å². The van der Waals surface area contributed by atoms with Gasteiger partial charge in [0.05, 0.1) is 15.9 Å². The number of fused-ring (bicyclic) bond motifs is 1. The number of aromatic nitrogens is 2. The first-order chi connectivity index (χ1) is 18.4. The summed E-state index contributed by atoms with van der Waals surface area (Å²) in [6, 6.07) is 14.7. The number of H-pyrrole nitrogens is 1. The van der Waals surface area contributed by atoms with Gasteiger partial charge in [-0.05, 0) is 31.2 Å². The molecular formula is C23H21N7O8S. The molecule has 0 aliphatic heterocycles. The molecule has 0 bridgehead atoms. The van der Waals surface area contributed by atoms with Crippen molar-refractivity contribution in [2.75, 3.05) is 5.32 Å². The van der Waals surface area contributed by atoms with Gasteiger partial charge in [0.2, 0.25) is 0 Å². The Labute approximate surface area is 219 Å². The van der Waals surface area contributed by atoms with Crippen molar-refractivity contribution in [3.63, 3.8) is 0 Å². The minimum absolute atomic E-state index is 0.0253. The zero-order valence-electron chi connectivity index (χ0n) is 20.0. The van der Waals surface area contributed by atoms with Crippen LogP contribution in [0.2, 0.25) is 0 Å². The summed E-state index contributed by atoms with van der Waals surface area (Å²) in [4.78, 5) is 34.4. The highest BCUT2D eigenvalue weighted by molar-refractivity contribution is 7.89. The Morgan fingerprint density at radius 3 is 2.33 bits per heavy atom. The minimum atomic E-state index is -4.28. The van der Waals surface area contributed by atoms with Crippen LogP contribution in [0.1, 0.15) is 11.3 Å². The predicted molar refractivity (Wildman–Crippen MR) is 137 cm³/mol. The van der Waals surface area contributed by atoms with Crippen LogP contribution in [0.4, 0.5) is 17.1 Å². The highest BCUT2D eigenvalue weighted by Crippen LogP contribution is 2.15. The summed E-state index contributed by atoms with van der Waals surface area (Å²) in [7, 11) is -4.28. The number of nitrogens with zero attached hydrogens (tertiary/aromatic N) is 2. The number of sulfonamides is 1. The van der Waals surface area contributed by atoms with Crippen molar-refractivity contribution in [1.29, 1.82) is 0 Å². The van der Waals surface area contributed by atoms with Crippen molar-refractivity contribution >= 4 is 49.7 Å². The number of hydrogen-bond donors (Lipinski definition) is 7. The molecule has 0 radical (unpaired) electrons. The van der Waals surface area contributed by atoms with E-state index in [0.717, 1.165) is 11.6 Å². The quantitative estimate of drug-likeness (QED) is 0.108. The van der Waals surface area contributed by atoms with Crippen molar-refractivity contribution in [3.8, 4) is 0 Å². The lowest BCUT2D eigenvalue weighted by Gasteiger charge is -2.14. The maximum absolute atomic E-state index is 13.2. The second kappa shape index (κ2) is 11.1. The molecule has 0 saturated heterocycles. The molecule has 0 spiro atoms. The summed E-state index contributed by atoms with van der Waals surface area (Å²) in [5.74, 6) is -1.08. The molecule has 4 aromatic rings. The van der Waals surface area contributed by atoms with E-state index in [1.165, 1.54) is 48.5 Å². The number of rotatable bonds is 8. The Kier molecular flexibility index (Phi) is 7.79. The van der Waals surface area contributed by atoms with Gasteiger partial charge in [0, 0.05) is 30.0 Å². The fourth-order valence-electron chi connectivity index (χ4n) is 3.39. The van der Waals surface area contributed by atoms with Gasteiger partial charge >= 0.3 is 0 Å². The lowest BCUT2D eigenvalue weighted by molar-refractivity contribution is -0.991. The van der Waals surface area contributed by atoms with Crippen LogP contribution in [0.15, 0.2) is 81.5 Å². The first-order valence-corrected chi connectivity index (χ1v) is 12.5. The van der Waals surface area contributed by atoms with Crippen LogP contribution in [0, 0.1) is 17.3 Å². The molecule has 2 atom stereocenters. The number of amides is 1. The van der Waals surface area contributed by atoms with E-state index in [4.69, 9.17) is 0 Å². The predicted octanol–water partition coefficient (Wildman–Crippen LogP) is -0.640. The van der Waals surface area contributed by atoms with Gasteiger partial charge in [-0.3, -0.25) is 9.59 Å². The number of nitrogens with one attached hydrogen (secondary N) is 5. The van der Waals surface area contributed by atoms with E-state index in [-0.39, 0.29) is 33.0 Å². The fraction of sp³-hybridized carbons (Fsp3) is 0.0435. The normalized spacial score (nSPS) is 13.6. The number of aromatic amines is 1. The molecular weight excluding hydrogens is 534 g/mol. The van der Waals surface area contributed by atoms with Gasteiger partial charge in [-0.2, -0.15) is 28.8 Å². The molecule has 15 nitrogen and oxygen atoms in total. The van der Waals surface area contributed by atoms with Gasteiger partial charge in [0.1, 0.15) is 0 Å². The molecule has 39 heavy (non-hydrogen) atoms. The molecule has 0 saturated carbocycles. The summed E-state index contributed by atoms with van der Waals surface area (Å²) < 4.78 is 25.6. The second-order valence-corrected chi connectivity index (χ2v) is 9.82. The van der Waals surface area contributed by atoms with Gasteiger partial charge in [0.15, 0.2) is 22.8 Å². The smallest absolute Gasteiger partial charge is 0.278 e. The maximum atomic E-state index is 13.2. The number of benzene rings is 3. The molecule has 0 aliphatic rings. The van der Waals surface area contributed by atoms with Gasteiger partial charge in [0.25, 0.3) is 21.5 Å². The van der Waals surface area contributed by atoms with Gasteiger partial charge in [-0.25, -0.2) is 15.4 Å². The number of hydrogen-bond acceptors (Lipinski definition) is 10. The van der Waals surface area contributed by atoms with E-state index in [9.17, 15) is 38.8 Å². The van der Waals surface area contributed by atoms with Crippen molar-refractivity contribution in [2.45, 2.75) is 11.8 Å². The summed E-state index contributed by atoms with van der Waals surface area (Å²) in [6.45, 7) is 1.76. The van der Waals surface area contributed by atoms with Crippen molar-refractivity contribution in [2.24, 2.45) is 5.10 Å². The third-order valence-corrected chi connectivity index (χ3v) is 6.58. The van der Waals surface area contributed by atoms with Crippen LogP contribution >= 0.6 is 0 Å². The van der Waals surface area contributed by atoms with Crippen LogP contribution < -0.4 is 26.2 Å². The Bertz CT molecular complexity index is 1740. The maximum Gasteiger partial charge on any atom is 0.278 e. The topological polar surface area (TPSA) is 229 Å². The molecule has 4 rings (SSSR count). The average molecular weight is 556 g/mol. The summed E-state index contributed by atoms with van der Waals surface area (Å²) in [5.41, 5.74) is -1.57. The Hall–Kier alpha value is -4.55. The molecule has 1 amide bonds. The van der Waals surface area contributed by atoms with Crippen LogP contribution in [-0.2, 0) is 14.8 Å². The third kappa shape index (κ3) is 6.30. The average Bonchev–Trinajstić information content (AvgIpc) is 2.89. The van der Waals surface area contributed by atoms with E-state index < -0.39 is 43.3 Å². The zero-order valence-corrected chi connectivity index (χ0v) is 20.8. The molecule has 7 N–H and O–H groups in total. The highest BCUT2D eigenvalue weighted by atomic mass is 32.2. The van der Waals surface area contributed by atoms with Crippen LogP contribution in [0.5, 0.6) is 0 Å². The number of anilines is 1. The molecule has 16 heteroatoms. The molecule has 0 aliphatic carbocycles. The Morgan fingerprint density at radius 1 is 1.00 bits per heavy atom. The number of quaternary nitrogens is 2. The summed E-state index contributed by atoms with van der Waals surface area (Å²) in [5, 5.41) is 44.6. The van der Waals surface area contributed by atoms with Crippen LogP contribution in [0.25, 0.3) is 11.0 Å². The van der Waals surface area contributed by atoms with Gasteiger partial charge < -0.3 is 20.7 Å². The van der Waals surface area contributed by atoms with E-state index >= 15 is 0 Å². The SMILES string of the molecule is Cc1ccc(S(=O)(=O)N/N=C(\C(=O)Nc2cccc([NH+]([O-])O)c2)c2nc3ccc([NH+]([O-])O)cc3[nH]c2=O)cc1. The summed E-state index contributed by atoms with van der Waals surface area (Å²) in [6.07, 6.45) is 0. The molecule has 1 aromatic heterocycles. The fourth-order valence-corrected chi connectivity index (χ4v) is 4.20. The van der Waals surface area contributed by atoms with Crippen molar-refractivity contribution in [1.82, 2.24) is 14.8 Å². The molecule has 3 aromatic carbocycles. The Balaban J connectivity index is 1.79. The molecule has 202 valence electrons. The largest absolute Gasteiger partial charge is 0.595 e. The highest BCUT2D eigenvalue weighted by Gasteiger charge is 2.23. The zero-order chi connectivity index (χ0) is 28.3. The molecule has 0 fully saturated rings. The molecule has 1 heterocycles. The van der Waals surface area contributed by atoms with E-state index in [1.807, 2.05) is 4.83 Å². The monoisotopic (exact) mass is 555 g/mol. The summed E-state index contributed by atoms with van der Waals surface area (Å²) >= 11 is 0. The second-order valence-electron chi connectivity index (χ2n) is 8.16. The third-order valence-electron chi connectivity index (χ3n) is 5.35. The lowest BCUT2D eigenvalue weighted by atomic mass is 10.2. The molecule has 2 unspecified atom stereocenters. The number of aryl methyl sites for hydroxylation is 1. The van der Waals surface area contributed by atoms with E-state index in [0.29, 0.717) is 0 Å². The van der Waals surface area contributed by atoms with Gasteiger partial charge in [-0.15, -0.1) is 0 Å². The standard InChI is InChI=1S/C23H21N7O8S/c1-13-5-8-17(9-6-13)39(37,38)28-27-21(23(32)24-14-3-2-4-15(11-14)29(33)34)20-22(31)26-19-12-16(30(35)36)7-10-18(19)25-20/h2-12,28-30,33,35H,1H3,(H,24,32)(H,26,31)/b27-21-. The lowest BCUT2D eigenvalue weighted by Crippen LogP contribution is -2.99. The van der Waals surface area contributed by atoms with Crippen molar-refractivity contribution < 1.29 is 34.1 Å². The van der Waals surface area contributed by atoms with Crippen LogP contribution in [0.3, 0.4) is 0 Å². The minimum Gasteiger partial charge on any atom is -0.595 e.